The molecule has 0 unspecified atom stereocenters. The first-order valence-corrected chi connectivity index (χ1v) is 7.99. The summed E-state index contributed by atoms with van der Waals surface area (Å²) < 4.78 is 5.89. The van der Waals surface area contributed by atoms with E-state index in [1.165, 1.54) is 4.90 Å². The molecule has 1 aliphatic carbocycles. The number of amides is 1. The highest BCUT2D eigenvalue weighted by Gasteiger charge is 2.26. The van der Waals surface area contributed by atoms with E-state index >= 15 is 0 Å². The van der Waals surface area contributed by atoms with E-state index in [9.17, 15) is 4.79 Å². The largest absolute Gasteiger partial charge is 0.465 e. The number of carbonyl (C=O) groups is 1. The predicted molar refractivity (Wildman–Crippen MR) is 81.6 cm³/mol. The fourth-order valence-corrected chi connectivity index (χ4v) is 2.86. The van der Waals surface area contributed by atoms with E-state index in [0.29, 0.717) is 0 Å². The molecule has 0 aromatic rings. The standard InChI is InChI=1S/C15H30N2O4/c1-3-17(10-11-18)9-4-12-21-14-7-5-13(6-8-14)16(2)15(19)20/h13-14,18H,3-12H2,1-2H3,(H,19,20). The minimum atomic E-state index is -0.845. The van der Waals surface area contributed by atoms with Crippen molar-refractivity contribution < 1.29 is 19.7 Å². The molecule has 0 aromatic heterocycles. The molecule has 1 amide bonds. The highest BCUT2D eigenvalue weighted by Crippen LogP contribution is 2.24. The molecule has 0 spiro atoms. The average molecular weight is 302 g/mol. The van der Waals surface area contributed by atoms with E-state index in [-0.39, 0.29) is 18.8 Å². The van der Waals surface area contributed by atoms with Crippen LogP contribution in [-0.2, 0) is 4.74 Å². The molecule has 1 aliphatic rings. The second kappa shape index (κ2) is 9.97. The summed E-state index contributed by atoms with van der Waals surface area (Å²) in [5.41, 5.74) is 0. The Morgan fingerprint density at radius 3 is 2.43 bits per heavy atom. The van der Waals surface area contributed by atoms with Gasteiger partial charge in [-0.3, -0.25) is 0 Å². The zero-order chi connectivity index (χ0) is 15.7. The molecule has 1 saturated carbocycles. The Balaban J connectivity index is 2.12. The van der Waals surface area contributed by atoms with Crippen molar-refractivity contribution in [2.24, 2.45) is 0 Å². The summed E-state index contributed by atoms with van der Waals surface area (Å²) in [5.74, 6) is 0. The normalized spacial score (nSPS) is 22.5. The maximum Gasteiger partial charge on any atom is 0.407 e. The van der Waals surface area contributed by atoms with Gasteiger partial charge in [0.1, 0.15) is 0 Å². The van der Waals surface area contributed by atoms with E-state index in [4.69, 9.17) is 14.9 Å². The number of ether oxygens (including phenoxy) is 1. The van der Waals surface area contributed by atoms with Crippen molar-refractivity contribution in [2.45, 2.75) is 51.2 Å². The van der Waals surface area contributed by atoms with Gasteiger partial charge in [-0.05, 0) is 38.6 Å². The number of rotatable bonds is 9. The van der Waals surface area contributed by atoms with E-state index in [2.05, 4.69) is 11.8 Å². The number of aliphatic hydroxyl groups is 1. The number of likely N-dealkylation sites (N-methyl/N-ethyl adjacent to an activating group) is 1. The minimum absolute atomic E-state index is 0.141. The Kier molecular flexibility index (Phi) is 8.64. The van der Waals surface area contributed by atoms with Gasteiger partial charge in [0.05, 0.1) is 12.7 Å². The second-order valence-corrected chi connectivity index (χ2v) is 5.71. The molecule has 0 bridgehead atoms. The Morgan fingerprint density at radius 2 is 1.90 bits per heavy atom. The van der Waals surface area contributed by atoms with Gasteiger partial charge < -0.3 is 24.7 Å². The molecular formula is C15H30N2O4. The molecule has 0 aromatic carbocycles. The van der Waals surface area contributed by atoms with Gasteiger partial charge >= 0.3 is 6.09 Å². The lowest BCUT2D eigenvalue weighted by atomic mass is 9.92. The molecule has 6 heteroatoms. The van der Waals surface area contributed by atoms with E-state index in [1.54, 1.807) is 7.05 Å². The van der Waals surface area contributed by atoms with Gasteiger partial charge in [-0.15, -0.1) is 0 Å². The summed E-state index contributed by atoms with van der Waals surface area (Å²) in [6, 6.07) is 0.141. The molecule has 1 fully saturated rings. The summed E-state index contributed by atoms with van der Waals surface area (Å²) in [6.07, 6.45) is 4.06. The predicted octanol–water partition coefficient (Wildman–Crippen LogP) is 1.63. The lowest BCUT2D eigenvalue weighted by Crippen LogP contribution is -2.40. The molecule has 1 rings (SSSR count). The SMILES string of the molecule is CCN(CCO)CCCOC1CCC(N(C)C(=O)O)CC1. The van der Waals surface area contributed by atoms with E-state index < -0.39 is 6.09 Å². The van der Waals surface area contributed by atoms with Crippen molar-refractivity contribution in [2.75, 3.05) is 39.9 Å². The van der Waals surface area contributed by atoms with Crippen LogP contribution >= 0.6 is 0 Å². The monoisotopic (exact) mass is 302 g/mol. The first-order chi connectivity index (χ1) is 10.1. The summed E-state index contributed by atoms with van der Waals surface area (Å²) in [6.45, 7) is 5.67. The molecule has 2 N–H and O–H groups in total. The number of carboxylic acid groups (broad SMARTS) is 1. The minimum Gasteiger partial charge on any atom is -0.465 e. The van der Waals surface area contributed by atoms with Gasteiger partial charge in [0.25, 0.3) is 0 Å². The van der Waals surface area contributed by atoms with Crippen LogP contribution in [0.1, 0.15) is 39.0 Å². The van der Waals surface area contributed by atoms with Crippen LogP contribution in [0, 0.1) is 0 Å². The topological polar surface area (TPSA) is 73.2 Å². The summed E-state index contributed by atoms with van der Waals surface area (Å²) in [4.78, 5) is 14.5. The van der Waals surface area contributed by atoms with E-state index in [1.807, 2.05) is 0 Å². The quantitative estimate of drug-likeness (QED) is 0.633. The zero-order valence-electron chi connectivity index (χ0n) is 13.3. The van der Waals surface area contributed by atoms with Gasteiger partial charge in [0.15, 0.2) is 0 Å². The number of aliphatic hydroxyl groups excluding tert-OH is 1. The van der Waals surface area contributed by atoms with Crippen molar-refractivity contribution >= 4 is 6.09 Å². The smallest absolute Gasteiger partial charge is 0.407 e. The number of hydrogen-bond acceptors (Lipinski definition) is 4. The third kappa shape index (κ3) is 6.63. The third-order valence-electron chi connectivity index (χ3n) is 4.33. The van der Waals surface area contributed by atoms with Crippen LogP contribution < -0.4 is 0 Å². The van der Waals surface area contributed by atoms with E-state index in [0.717, 1.165) is 58.3 Å². The molecular weight excluding hydrogens is 272 g/mol. The second-order valence-electron chi connectivity index (χ2n) is 5.71. The zero-order valence-corrected chi connectivity index (χ0v) is 13.3. The van der Waals surface area contributed by atoms with Gasteiger partial charge in [0.2, 0.25) is 0 Å². The fourth-order valence-electron chi connectivity index (χ4n) is 2.86. The highest BCUT2D eigenvalue weighted by molar-refractivity contribution is 5.64. The molecule has 6 nitrogen and oxygen atoms in total. The Labute approximate surface area is 127 Å². The molecule has 0 saturated heterocycles. The van der Waals surface area contributed by atoms with Crippen molar-refractivity contribution in [1.82, 2.24) is 9.80 Å². The first kappa shape index (κ1) is 18.2. The van der Waals surface area contributed by atoms with Crippen LogP contribution in [0.15, 0.2) is 0 Å². The van der Waals surface area contributed by atoms with Crippen LogP contribution in [0.4, 0.5) is 4.79 Å². The van der Waals surface area contributed by atoms with Gasteiger partial charge in [0, 0.05) is 32.8 Å². The fraction of sp³-hybridized carbons (Fsp3) is 0.933. The lowest BCUT2D eigenvalue weighted by Gasteiger charge is -2.33. The molecule has 124 valence electrons. The van der Waals surface area contributed by atoms with Gasteiger partial charge in [-0.2, -0.15) is 0 Å². The molecule has 21 heavy (non-hydrogen) atoms. The van der Waals surface area contributed by atoms with Crippen LogP contribution in [0.2, 0.25) is 0 Å². The summed E-state index contributed by atoms with van der Waals surface area (Å²) in [5, 5.41) is 17.9. The van der Waals surface area contributed by atoms with Crippen LogP contribution in [0.5, 0.6) is 0 Å². The van der Waals surface area contributed by atoms with Crippen molar-refractivity contribution in [3.63, 3.8) is 0 Å². The molecule has 0 heterocycles. The van der Waals surface area contributed by atoms with Crippen LogP contribution in [-0.4, -0.2) is 78.1 Å². The highest BCUT2D eigenvalue weighted by atomic mass is 16.5. The van der Waals surface area contributed by atoms with Crippen molar-refractivity contribution in [1.29, 1.82) is 0 Å². The number of hydrogen-bond donors (Lipinski definition) is 2. The summed E-state index contributed by atoms with van der Waals surface area (Å²) in [7, 11) is 1.65. The first-order valence-electron chi connectivity index (χ1n) is 7.99. The maximum absolute atomic E-state index is 10.9. The van der Waals surface area contributed by atoms with Gasteiger partial charge in [-0.1, -0.05) is 6.92 Å². The Bertz CT molecular complexity index is 293. The molecule has 0 aliphatic heterocycles. The third-order valence-corrected chi connectivity index (χ3v) is 4.33. The molecule has 0 atom stereocenters. The maximum atomic E-state index is 10.9. The summed E-state index contributed by atoms with van der Waals surface area (Å²) >= 11 is 0. The van der Waals surface area contributed by atoms with Gasteiger partial charge in [-0.25, -0.2) is 4.79 Å². The average Bonchev–Trinajstić information content (AvgIpc) is 2.50. The Hall–Kier alpha value is -0.850. The van der Waals surface area contributed by atoms with Crippen LogP contribution in [0.3, 0.4) is 0 Å². The molecule has 0 radical (unpaired) electrons. The van der Waals surface area contributed by atoms with Crippen molar-refractivity contribution in [3.05, 3.63) is 0 Å². The van der Waals surface area contributed by atoms with Crippen molar-refractivity contribution in [3.8, 4) is 0 Å². The Morgan fingerprint density at radius 1 is 1.24 bits per heavy atom. The van der Waals surface area contributed by atoms with Crippen LogP contribution in [0.25, 0.3) is 0 Å². The number of nitrogens with zero attached hydrogens (tertiary/aromatic N) is 2. The lowest BCUT2D eigenvalue weighted by molar-refractivity contribution is 0.00770.